The first kappa shape index (κ1) is 14.5. The Morgan fingerprint density at radius 3 is 2.68 bits per heavy atom. The molecular formula is C15H18N2O5. The van der Waals surface area contributed by atoms with E-state index in [0.29, 0.717) is 44.7 Å². The first-order chi connectivity index (χ1) is 10.7. The van der Waals surface area contributed by atoms with E-state index in [1.165, 1.54) is 18.8 Å². The summed E-state index contributed by atoms with van der Waals surface area (Å²) < 4.78 is 15.2. The molecule has 7 nitrogen and oxygen atoms in total. The van der Waals surface area contributed by atoms with Crippen LogP contribution in [0.2, 0.25) is 0 Å². The maximum absolute atomic E-state index is 12.2. The van der Waals surface area contributed by atoms with Crippen LogP contribution in [0.25, 0.3) is 0 Å². The van der Waals surface area contributed by atoms with E-state index >= 15 is 0 Å². The minimum absolute atomic E-state index is 0.0346. The average molecular weight is 306 g/mol. The lowest BCUT2D eigenvalue weighted by molar-refractivity contribution is -0.123. The highest BCUT2D eigenvalue weighted by Gasteiger charge is 2.26. The van der Waals surface area contributed by atoms with Gasteiger partial charge in [0.2, 0.25) is 5.76 Å². The molecule has 3 rings (SSSR count). The summed E-state index contributed by atoms with van der Waals surface area (Å²) in [6.45, 7) is 2.05. The molecule has 2 amide bonds. The summed E-state index contributed by atoms with van der Waals surface area (Å²) in [5.74, 6) is -0.0901. The zero-order chi connectivity index (χ0) is 15.4. The number of nitrogens with one attached hydrogen (secondary N) is 1. The molecule has 7 heteroatoms. The maximum Gasteiger partial charge on any atom is 0.289 e. The van der Waals surface area contributed by atoms with Crippen LogP contribution < -0.4 is 5.32 Å². The van der Waals surface area contributed by atoms with Crippen molar-refractivity contribution in [1.82, 2.24) is 10.2 Å². The predicted octanol–water partition coefficient (Wildman–Crippen LogP) is 0.889. The van der Waals surface area contributed by atoms with Crippen molar-refractivity contribution < 1.29 is 23.5 Å². The molecule has 0 radical (unpaired) electrons. The van der Waals surface area contributed by atoms with Crippen molar-refractivity contribution in [3.05, 3.63) is 36.2 Å². The fraction of sp³-hybridized carbons (Fsp3) is 0.467. The highest BCUT2D eigenvalue weighted by Crippen LogP contribution is 2.15. The van der Waals surface area contributed by atoms with Gasteiger partial charge in [-0.2, -0.15) is 0 Å². The Hall–Kier alpha value is -2.44. The van der Waals surface area contributed by atoms with Crippen molar-refractivity contribution in [2.24, 2.45) is 0 Å². The van der Waals surface area contributed by atoms with Crippen LogP contribution in [0.4, 0.5) is 0 Å². The molecule has 22 heavy (non-hydrogen) atoms. The largest absolute Gasteiger partial charge is 0.494 e. The summed E-state index contributed by atoms with van der Waals surface area (Å²) in [5.41, 5.74) is 0.556. The third kappa shape index (κ3) is 3.24. The minimum Gasteiger partial charge on any atom is -0.494 e. The van der Waals surface area contributed by atoms with Crippen molar-refractivity contribution >= 4 is 11.8 Å². The predicted molar refractivity (Wildman–Crippen MR) is 75.8 cm³/mol. The SMILES string of the molecule is O=C(NC1CCN(C(=O)c2ccoc2)CC1)C1=COCCO1. The smallest absolute Gasteiger partial charge is 0.289 e. The second kappa shape index (κ2) is 6.55. The molecule has 0 aliphatic carbocycles. The first-order valence-corrected chi connectivity index (χ1v) is 7.31. The standard InChI is InChI=1S/C15H18N2O5/c18-14(13-10-21-7-8-22-13)16-12-1-4-17(5-2-12)15(19)11-3-6-20-9-11/h3,6,9-10,12H,1-2,4-5,7-8H2,(H,16,18). The van der Waals surface area contributed by atoms with Crippen LogP contribution >= 0.6 is 0 Å². The number of amides is 2. The van der Waals surface area contributed by atoms with E-state index in [1.807, 2.05) is 0 Å². The van der Waals surface area contributed by atoms with Gasteiger partial charge in [0.15, 0.2) is 0 Å². The maximum atomic E-state index is 12.2. The fourth-order valence-electron chi connectivity index (χ4n) is 2.54. The van der Waals surface area contributed by atoms with Gasteiger partial charge in [0, 0.05) is 19.1 Å². The number of ether oxygens (including phenoxy) is 2. The molecule has 1 aromatic heterocycles. The molecular weight excluding hydrogens is 288 g/mol. The molecule has 3 heterocycles. The van der Waals surface area contributed by atoms with Gasteiger partial charge in [-0.05, 0) is 18.9 Å². The fourth-order valence-corrected chi connectivity index (χ4v) is 2.54. The zero-order valence-electron chi connectivity index (χ0n) is 12.1. The molecule has 1 fully saturated rings. The van der Waals surface area contributed by atoms with Crippen LogP contribution in [-0.4, -0.2) is 49.1 Å². The number of hydrogen-bond acceptors (Lipinski definition) is 5. The molecule has 118 valence electrons. The Morgan fingerprint density at radius 1 is 1.23 bits per heavy atom. The lowest BCUT2D eigenvalue weighted by Gasteiger charge is -2.32. The van der Waals surface area contributed by atoms with Crippen LogP contribution in [0.1, 0.15) is 23.2 Å². The van der Waals surface area contributed by atoms with Gasteiger partial charge < -0.3 is 24.1 Å². The van der Waals surface area contributed by atoms with Gasteiger partial charge in [0.1, 0.15) is 25.7 Å². The van der Waals surface area contributed by atoms with Crippen LogP contribution in [0.3, 0.4) is 0 Å². The van der Waals surface area contributed by atoms with Crippen molar-refractivity contribution in [3.63, 3.8) is 0 Å². The number of likely N-dealkylation sites (tertiary alicyclic amines) is 1. The summed E-state index contributed by atoms with van der Waals surface area (Å²) in [5, 5.41) is 2.91. The van der Waals surface area contributed by atoms with Crippen molar-refractivity contribution in [1.29, 1.82) is 0 Å². The lowest BCUT2D eigenvalue weighted by Crippen LogP contribution is -2.47. The number of carbonyl (C=O) groups is 2. The number of piperidine rings is 1. The molecule has 0 bridgehead atoms. The molecule has 1 N–H and O–H groups in total. The molecule has 2 aliphatic heterocycles. The Balaban J connectivity index is 1.48. The van der Waals surface area contributed by atoms with E-state index in [-0.39, 0.29) is 23.6 Å². The van der Waals surface area contributed by atoms with Crippen molar-refractivity contribution in [2.75, 3.05) is 26.3 Å². The number of hydrogen-bond donors (Lipinski definition) is 1. The topological polar surface area (TPSA) is 81.0 Å². The van der Waals surface area contributed by atoms with Crippen LogP contribution in [-0.2, 0) is 14.3 Å². The summed E-state index contributed by atoms with van der Waals surface area (Å²) >= 11 is 0. The second-order valence-electron chi connectivity index (χ2n) is 5.25. The molecule has 0 spiro atoms. The summed E-state index contributed by atoms with van der Waals surface area (Å²) in [4.78, 5) is 25.9. The average Bonchev–Trinajstić information content (AvgIpc) is 3.10. The highest BCUT2D eigenvalue weighted by atomic mass is 16.6. The highest BCUT2D eigenvalue weighted by molar-refractivity contribution is 5.94. The Morgan fingerprint density at radius 2 is 2.05 bits per heavy atom. The van der Waals surface area contributed by atoms with Gasteiger partial charge in [0.05, 0.1) is 11.8 Å². The van der Waals surface area contributed by atoms with Crippen LogP contribution in [0.15, 0.2) is 35.0 Å². The molecule has 0 unspecified atom stereocenters. The molecule has 1 saturated heterocycles. The quantitative estimate of drug-likeness (QED) is 0.897. The van der Waals surface area contributed by atoms with Crippen molar-refractivity contribution in [3.8, 4) is 0 Å². The third-order valence-electron chi connectivity index (χ3n) is 3.76. The summed E-state index contributed by atoms with van der Waals surface area (Å²) in [6.07, 6.45) is 5.70. The Kier molecular flexibility index (Phi) is 4.32. The number of rotatable bonds is 3. The van der Waals surface area contributed by atoms with E-state index in [0.717, 1.165) is 0 Å². The summed E-state index contributed by atoms with van der Waals surface area (Å²) in [6, 6.07) is 1.69. The van der Waals surface area contributed by atoms with E-state index in [4.69, 9.17) is 13.9 Å². The Bertz CT molecular complexity index is 558. The molecule has 0 saturated carbocycles. The zero-order valence-corrected chi connectivity index (χ0v) is 12.1. The lowest BCUT2D eigenvalue weighted by atomic mass is 10.0. The Labute approximate surface area is 127 Å². The van der Waals surface area contributed by atoms with Gasteiger partial charge in [-0.3, -0.25) is 9.59 Å². The first-order valence-electron chi connectivity index (χ1n) is 7.31. The second-order valence-corrected chi connectivity index (χ2v) is 5.25. The van der Waals surface area contributed by atoms with Gasteiger partial charge >= 0.3 is 0 Å². The number of carbonyl (C=O) groups excluding carboxylic acids is 2. The van der Waals surface area contributed by atoms with Crippen LogP contribution in [0.5, 0.6) is 0 Å². The van der Waals surface area contributed by atoms with Gasteiger partial charge in [-0.25, -0.2) is 0 Å². The number of nitrogens with zero attached hydrogens (tertiary/aromatic N) is 1. The minimum atomic E-state index is -0.265. The molecule has 2 aliphatic rings. The van der Waals surface area contributed by atoms with E-state index in [2.05, 4.69) is 5.32 Å². The van der Waals surface area contributed by atoms with E-state index in [1.54, 1.807) is 11.0 Å². The van der Waals surface area contributed by atoms with Gasteiger partial charge in [-0.15, -0.1) is 0 Å². The van der Waals surface area contributed by atoms with Gasteiger partial charge in [0.25, 0.3) is 11.8 Å². The molecule has 0 aromatic carbocycles. The van der Waals surface area contributed by atoms with Crippen LogP contribution in [0, 0.1) is 0 Å². The van der Waals surface area contributed by atoms with E-state index in [9.17, 15) is 9.59 Å². The summed E-state index contributed by atoms with van der Waals surface area (Å²) in [7, 11) is 0. The number of furan rings is 1. The molecule has 0 atom stereocenters. The van der Waals surface area contributed by atoms with E-state index < -0.39 is 0 Å². The molecule has 1 aromatic rings. The third-order valence-corrected chi connectivity index (χ3v) is 3.76. The van der Waals surface area contributed by atoms with Gasteiger partial charge in [-0.1, -0.05) is 0 Å². The van der Waals surface area contributed by atoms with Crippen molar-refractivity contribution in [2.45, 2.75) is 18.9 Å². The normalized spacial score (nSPS) is 18.9. The monoisotopic (exact) mass is 306 g/mol.